The molecule has 0 aliphatic heterocycles. The van der Waals surface area contributed by atoms with Crippen LogP contribution in [0, 0.1) is 10.1 Å². The number of carbonyl (C=O) groups excluding carboxylic acids is 1. The highest BCUT2D eigenvalue weighted by atomic mass is 16.6. The summed E-state index contributed by atoms with van der Waals surface area (Å²) >= 11 is 0. The molecule has 2 aromatic rings. The monoisotopic (exact) mass is 372 g/mol. The van der Waals surface area contributed by atoms with Gasteiger partial charge in [-0.15, -0.1) is 0 Å². The standard InChI is InChI=1S/C20H24N2O5/c1-20(2,3)14-5-8-16(9-6-14)27-18-10-7-15(22(24)25)11-13(18)12-17(21)19(23)26-4/h5-11,17H,12,21H2,1-4H3. The lowest BCUT2D eigenvalue weighted by molar-refractivity contribution is -0.384. The Kier molecular flexibility index (Phi) is 6.17. The number of methoxy groups -OCH3 is 1. The predicted octanol–water partition coefficient (Wildman–Crippen LogP) is 3.73. The maximum Gasteiger partial charge on any atom is 0.322 e. The topological polar surface area (TPSA) is 105 Å². The highest BCUT2D eigenvalue weighted by molar-refractivity contribution is 5.76. The fourth-order valence-corrected chi connectivity index (χ4v) is 2.56. The summed E-state index contributed by atoms with van der Waals surface area (Å²) in [6.07, 6.45) is 0.0593. The number of esters is 1. The number of nitrogens with two attached hydrogens (primary N) is 1. The summed E-state index contributed by atoms with van der Waals surface area (Å²) in [6, 6.07) is 10.9. The first-order chi connectivity index (χ1) is 12.6. The highest BCUT2D eigenvalue weighted by Gasteiger charge is 2.20. The van der Waals surface area contributed by atoms with Crippen molar-refractivity contribution in [3.8, 4) is 11.5 Å². The molecule has 2 N–H and O–H groups in total. The van der Waals surface area contributed by atoms with Gasteiger partial charge >= 0.3 is 5.97 Å². The quantitative estimate of drug-likeness (QED) is 0.471. The first-order valence-corrected chi connectivity index (χ1v) is 8.51. The van der Waals surface area contributed by atoms with Crippen LogP contribution in [0.25, 0.3) is 0 Å². The lowest BCUT2D eigenvalue weighted by Gasteiger charge is -2.19. The second-order valence-corrected chi connectivity index (χ2v) is 7.26. The zero-order valence-electron chi connectivity index (χ0n) is 15.9. The summed E-state index contributed by atoms with van der Waals surface area (Å²) in [5.41, 5.74) is 7.35. The number of nitro benzene ring substituents is 1. The normalized spacial score (nSPS) is 12.3. The first kappa shape index (κ1) is 20.4. The number of hydrogen-bond donors (Lipinski definition) is 1. The molecule has 0 aliphatic carbocycles. The first-order valence-electron chi connectivity index (χ1n) is 8.51. The van der Waals surface area contributed by atoms with Crippen LogP contribution in [-0.2, 0) is 21.4 Å². The Bertz CT molecular complexity index is 825. The third-order valence-corrected chi connectivity index (χ3v) is 4.15. The largest absolute Gasteiger partial charge is 0.468 e. The molecule has 144 valence electrons. The fraction of sp³-hybridized carbons (Fsp3) is 0.350. The Morgan fingerprint density at radius 1 is 1.19 bits per heavy atom. The van der Waals surface area contributed by atoms with Gasteiger partial charge in [-0.3, -0.25) is 14.9 Å². The van der Waals surface area contributed by atoms with Gasteiger partial charge in [0.05, 0.1) is 12.0 Å². The number of hydrogen-bond acceptors (Lipinski definition) is 6. The number of benzene rings is 2. The van der Waals surface area contributed by atoms with Crippen molar-refractivity contribution in [2.75, 3.05) is 7.11 Å². The van der Waals surface area contributed by atoms with Gasteiger partial charge in [-0.1, -0.05) is 32.9 Å². The van der Waals surface area contributed by atoms with Crippen molar-refractivity contribution < 1.29 is 19.2 Å². The average molecular weight is 372 g/mol. The maximum atomic E-state index is 11.6. The number of rotatable bonds is 6. The van der Waals surface area contributed by atoms with Crippen LogP contribution in [0.2, 0.25) is 0 Å². The molecule has 1 atom stereocenters. The molecule has 1 unspecified atom stereocenters. The molecule has 0 saturated heterocycles. The van der Waals surface area contributed by atoms with Crippen molar-refractivity contribution in [3.05, 3.63) is 63.7 Å². The minimum atomic E-state index is -0.942. The molecule has 0 radical (unpaired) electrons. The maximum absolute atomic E-state index is 11.6. The number of nitrogens with zero attached hydrogens (tertiary/aromatic N) is 1. The molecule has 7 nitrogen and oxygen atoms in total. The third-order valence-electron chi connectivity index (χ3n) is 4.15. The van der Waals surface area contributed by atoms with Crippen molar-refractivity contribution in [3.63, 3.8) is 0 Å². The zero-order valence-corrected chi connectivity index (χ0v) is 15.9. The van der Waals surface area contributed by atoms with Gasteiger partial charge in [-0.2, -0.15) is 0 Å². The van der Waals surface area contributed by atoms with Crippen LogP contribution in [0.3, 0.4) is 0 Å². The van der Waals surface area contributed by atoms with Crippen LogP contribution in [0.4, 0.5) is 5.69 Å². The Labute approximate surface area is 158 Å². The van der Waals surface area contributed by atoms with Crippen molar-refractivity contribution in [1.29, 1.82) is 0 Å². The fourth-order valence-electron chi connectivity index (χ4n) is 2.56. The molecule has 0 heterocycles. The van der Waals surface area contributed by atoms with Gasteiger partial charge in [0.25, 0.3) is 5.69 Å². The van der Waals surface area contributed by atoms with Crippen molar-refractivity contribution >= 4 is 11.7 Å². The second-order valence-electron chi connectivity index (χ2n) is 7.26. The number of nitro groups is 1. The molecule has 0 fully saturated rings. The molecule has 7 heteroatoms. The van der Waals surface area contributed by atoms with E-state index in [0.29, 0.717) is 17.1 Å². The summed E-state index contributed by atoms with van der Waals surface area (Å²) in [5, 5.41) is 11.1. The molecule has 0 spiro atoms. The molecule has 0 bridgehead atoms. The predicted molar refractivity (Wildman–Crippen MR) is 102 cm³/mol. The summed E-state index contributed by atoms with van der Waals surface area (Å²) in [5.74, 6) is 0.398. The van der Waals surface area contributed by atoms with Crippen LogP contribution in [0.1, 0.15) is 31.9 Å². The van der Waals surface area contributed by atoms with E-state index in [1.165, 1.54) is 25.3 Å². The molecular weight excluding hydrogens is 348 g/mol. The molecule has 2 rings (SSSR count). The SMILES string of the molecule is COC(=O)C(N)Cc1cc([N+](=O)[O-])ccc1Oc1ccc(C(C)(C)C)cc1. The Balaban J connectivity index is 2.32. The molecular formula is C20H24N2O5. The highest BCUT2D eigenvalue weighted by Crippen LogP contribution is 2.31. The summed E-state index contributed by atoms with van der Waals surface area (Å²) < 4.78 is 10.5. The zero-order chi connectivity index (χ0) is 20.2. The summed E-state index contributed by atoms with van der Waals surface area (Å²) in [7, 11) is 1.24. The lowest BCUT2D eigenvalue weighted by atomic mass is 9.87. The lowest BCUT2D eigenvalue weighted by Crippen LogP contribution is -2.33. The smallest absolute Gasteiger partial charge is 0.322 e. The molecule has 0 saturated carbocycles. The van der Waals surface area contributed by atoms with E-state index in [1.807, 2.05) is 24.3 Å². The minimum Gasteiger partial charge on any atom is -0.468 e. The van der Waals surface area contributed by atoms with Gasteiger partial charge in [-0.25, -0.2) is 0 Å². The van der Waals surface area contributed by atoms with Gasteiger partial charge in [0.15, 0.2) is 0 Å². The molecule has 0 aromatic heterocycles. The molecule has 2 aromatic carbocycles. The molecule has 0 aliphatic rings. The van der Waals surface area contributed by atoms with E-state index >= 15 is 0 Å². The molecule has 0 amide bonds. The Hall–Kier alpha value is -2.93. The van der Waals surface area contributed by atoms with E-state index in [2.05, 4.69) is 25.5 Å². The van der Waals surface area contributed by atoms with E-state index in [1.54, 1.807) is 0 Å². The van der Waals surface area contributed by atoms with E-state index < -0.39 is 16.9 Å². The number of non-ortho nitro benzene ring substituents is 1. The van der Waals surface area contributed by atoms with E-state index in [0.717, 1.165) is 5.56 Å². The number of carbonyl (C=O) groups is 1. The van der Waals surface area contributed by atoms with Gasteiger partial charge in [0.1, 0.15) is 17.5 Å². The van der Waals surface area contributed by atoms with Crippen LogP contribution >= 0.6 is 0 Å². The van der Waals surface area contributed by atoms with Gasteiger partial charge in [0, 0.05) is 24.1 Å². The van der Waals surface area contributed by atoms with E-state index in [4.69, 9.17) is 10.5 Å². The van der Waals surface area contributed by atoms with Crippen LogP contribution in [0.5, 0.6) is 11.5 Å². The van der Waals surface area contributed by atoms with Crippen LogP contribution in [0.15, 0.2) is 42.5 Å². The van der Waals surface area contributed by atoms with Crippen LogP contribution in [-0.4, -0.2) is 24.0 Å². The molecule has 27 heavy (non-hydrogen) atoms. The Morgan fingerprint density at radius 2 is 1.81 bits per heavy atom. The van der Waals surface area contributed by atoms with Gasteiger partial charge in [-0.05, 0) is 29.2 Å². The number of ether oxygens (including phenoxy) is 2. The van der Waals surface area contributed by atoms with Crippen LogP contribution < -0.4 is 10.5 Å². The van der Waals surface area contributed by atoms with Crippen molar-refractivity contribution in [2.45, 2.75) is 38.6 Å². The van der Waals surface area contributed by atoms with E-state index in [-0.39, 0.29) is 17.5 Å². The van der Waals surface area contributed by atoms with E-state index in [9.17, 15) is 14.9 Å². The van der Waals surface area contributed by atoms with Crippen molar-refractivity contribution in [2.24, 2.45) is 5.73 Å². The van der Waals surface area contributed by atoms with Crippen molar-refractivity contribution in [1.82, 2.24) is 0 Å². The average Bonchev–Trinajstić information content (AvgIpc) is 2.61. The van der Waals surface area contributed by atoms with Gasteiger partial charge in [0.2, 0.25) is 0 Å². The minimum absolute atomic E-state index is 0.0182. The van der Waals surface area contributed by atoms with Gasteiger partial charge < -0.3 is 15.2 Å². The summed E-state index contributed by atoms with van der Waals surface area (Å²) in [6.45, 7) is 6.35. The summed E-state index contributed by atoms with van der Waals surface area (Å²) in [4.78, 5) is 22.2. The Morgan fingerprint density at radius 3 is 2.33 bits per heavy atom. The second kappa shape index (κ2) is 8.18. The third kappa shape index (κ3) is 5.27.